The third-order valence-electron chi connectivity index (χ3n) is 5.82. The zero-order valence-corrected chi connectivity index (χ0v) is 14.4. The maximum absolute atomic E-state index is 12.8. The SMILES string of the molecule is O=C(NC(c1ccccn1)C1CCCC1)N1CCN(C2CC2)CC1. The van der Waals surface area contributed by atoms with E-state index < -0.39 is 0 Å². The number of nitrogens with one attached hydrogen (secondary N) is 1. The van der Waals surface area contributed by atoms with Gasteiger partial charge in [0.1, 0.15) is 0 Å². The van der Waals surface area contributed by atoms with Crippen LogP contribution in [0.25, 0.3) is 0 Å². The lowest BCUT2D eigenvalue weighted by Crippen LogP contribution is -2.53. The number of piperazine rings is 1. The van der Waals surface area contributed by atoms with Crippen LogP contribution in [0.2, 0.25) is 0 Å². The van der Waals surface area contributed by atoms with Gasteiger partial charge in [-0.2, -0.15) is 0 Å². The second-order valence-electron chi connectivity index (χ2n) is 7.48. The highest BCUT2D eigenvalue weighted by Crippen LogP contribution is 2.35. The van der Waals surface area contributed by atoms with Gasteiger partial charge < -0.3 is 10.2 Å². The molecule has 130 valence electrons. The fraction of sp³-hybridized carbons (Fsp3) is 0.684. The molecule has 5 heteroatoms. The van der Waals surface area contributed by atoms with Crippen LogP contribution >= 0.6 is 0 Å². The second kappa shape index (κ2) is 7.09. The average molecular weight is 328 g/mol. The zero-order valence-electron chi connectivity index (χ0n) is 14.4. The van der Waals surface area contributed by atoms with E-state index in [1.807, 2.05) is 29.3 Å². The Morgan fingerprint density at radius 2 is 1.83 bits per heavy atom. The van der Waals surface area contributed by atoms with Crippen LogP contribution in [-0.2, 0) is 0 Å². The number of carbonyl (C=O) groups excluding carboxylic acids is 1. The van der Waals surface area contributed by atoms with Gasteiger partial charge in [0.15, 0.2) is 0 Å². The minimum atomic E-state index is 0.0580. The van der Waals surface area contributed by atoms with Gasteiger partial charge in [0.05, 0.1) is 11.7 Å². The molecule has 1 aromatic rings. The van der Waals surface area contributed by atoms with E-state index in [-0.39, 0.29) is 12.1 Å². The minimum Gasteiger partial charge on any atom is -0.329 e. The summed E-state index contributed by atoms with van der Waals surface area (Å²) in [4.78, 5) is 21.9. The van der Waals surface area contributed by atoms with Crippen molar-refractivity contribution in [1.29, 1.82) is 0 Å². The summed E-state index contributed by atoms with van der Waals surface area (Å²) in [5, 5.41) is 3.31. The van der Waals surface area contributed by atoms with E-state index in [1.165, 1.54) is 38.5 Å². The first-order valence-corrected chi connectivity index (χ1v) is 9.51. The van der Waals surface area contributed by atoms with Crippen LogP contribution < -0.4 is 5.32 Å². The molecule has 0 aromatic carbocycles. The molecule has 5 nitrogen and oxygen atoms in total. The molecule has 4 rings (SSSR count). The number of amides is 2. The van der Waals surface area contributed by atoms with Gasteiger partial charge in [-0.3, -0.25) is 9.88 Å². The van der Waals surface area contributed by atoms with Crippen molar-refractivity contribution in [2.75, 3.05) is 26.2 Å². The molecule has 2 heterocycles. The third-order valence-corrected chi connectivity index (χ3v) is 5.82. The molecule has 1 aliphatic heterocycles. The van der Waals surface area contributed by atoms with Gasteiger partial charge in [0.25, 0.3) is 0 Å². The van der Waals surface area contributed by atoms with E-state index in [0.717, 1.165) is 37.9 Å². The molecule has 1 aromatic heterocycles. The summed E-state index contributed by atoms with van der Waals surface area (Å²) in [5.41, 5.74) is 1.01. The summed E-state index contributed by atoms with van der Waals surface area (Å²) in [6.45, 7) is 3.75. The van der Waals surface area contributed by atoms with E-state index in [0.29, 0.717) is 5.92 Å². The number of nitrogens with zero attached hydrogens (tertiary/aromatic N) is 3. The highest BCUT2D eigenvalue weighted by molar-refractivity contribution is 5.74. The lowest BCUT2D eigenvalue weighted by atomic mass is 9.95. The topological polar surface area (TPSA) is 48.5 Å². The van der Waals surface area contributed by atoms with Gasteiger partial charge in [-0.25, -0.2) is 4.79 Å². The minimum absolute atomic E-state index is 0.0580. The standard InChI is InChI=1S/C19H28N4O/c24-19(23-13-11-22(12-14-23)16-8-9-16)21-18(15-5-1-2-6-15)17-7-3-4-10-20-17/h3-4,7,10,15-16,18H,1-2,5-6,8-9,11-14H2,(H,21,24). The van der Waals surface area contributed by atoms with Crippen molar-refractivity contribution in [3.05, 3.63) is 30.1 Å². The number of pyridine rings is 1. The number of rotatable bonds is 4. The number of carbonyl (C=O) groups is 1. The lowest BCUT2D eigenvalue weighted by Gasteiger charge is -2.36. The molecule has 2 saturated carbocycles. The van der Waals surface area contributed by atoms with Crippen molar-refractivity contribution in [1.82, 2.24) is 20.1 Å². The van der Waals surface area contributed by atoms with E-state index in [1.54, 1.807) is 0 Å². The van der Waals surface area contributed by atoms with Gasteiger partial charge in [-0.15, -0.1) is 0 Å². The molecule has 24 heavy (non-hydrogen) atoms. The summed E-state index contributed by atoms with van der Waals surface area (Å²) >= 11 is 0. The molecule has 1 unspecified atom stereocenters. The van der Waals surface area contributed by atoms with Crippen LogP contribution in [0.3, 0.4) is 0 Å². The number of hydrogen-bond donors (Lipinski definition) is 1. The summed E-state index contributed by atoms with van der Waals surface area (Å²) < 4.78 is 0. The molecule has 0 spiro atoms. The van der Waals surface area contributed by atoms with E-state index in [2.05, 4.69) is 15.2 Å². The molecule has 3 aliphatic rings. The molecule has 1 saturated heterocycles. The van der Waals surface area contributed by atoms with Crippen molar-refractivity contribution in [2.45, 2.75) is 50.6 Å². The lowest BCUT2D eigenvalue weighted by molar-refractivity contribution is 0.130. The molecular formula is C19H28N4O. The Labute approximate surface area is 144 Å². The van der Waals surface area contributed by atoms with E-state index in [4.69, 9.17) is 0 Å². The van der Waals surface area contributed by atoms with Crippen molar-refractivity contribution in [3.63, 3.8) is 0 Å². The smallest absolute Gasteiger partial charge is 0.318 e. The molecule has 2 amide bonds. The molecule has 0 bridgehead atoms. The van der Waals surface area contributed by atoms with Crippen LogP contribution in [0.5, 0.6) is 0 Å². The largest absolute Gasteiger partial charge is 0.329 e. The van der Waals surface area contributed by atoms with Crippen molar-refractivity contribution in [2.24, 2.45) is 5.92 Å². The second-order valence-corrected chi connectivity index (χ2v) is 7.48. The van der Waals surface area contributed by atoms with Crippen molar-refractivity contribution >= 4 is 6.03 Å². The highest BCUT2D eigenvalue weighted by atomic mass is 16.2. The molecular weight excluding hydrogens is 300 g/mol. The van der Waals surface area contributed by atoms with Gasteiger partial charge in [0, 0.05) is 38.4 Å². The fourth-order valence-electron chi connectivity index (χ4n) is 4.24. The summed E-state index contributed by atoms with van der Waals surface area (Å²) in [7, 11) is 0. The first kappa shape index (κ1) is 15.9. The summed E-state index contributed by atoms with van der Waals surface area (Å²) in [5.74, 6) is 0.525. The van der Waals surface area contributed by atoms with Gasteiger partial charge in [0.2, 0.25) is 0 Å². The Morgan fingerprint density at radius 3 is 2.46 bits per heavy atom. The Balaban J connectivity index is 1.39. The first-order chi connectivity index (χ1) is 11.8. The summed E-state index contributed by atoms with van der Waals surface area (Å²) in [6, 6.07) is 6.96. The Hall–Kier alpha value is -1.62. The van der Waals surface area contributed by atoms with Gasteiger partial charge in [-0.1, -0.05) is 18.9 Å². The van der Waals surface area contributed by atoms with Crippen LogP contribution in [0.4, 0.5) is 4.79 Å². The Bertz CT molecular complexity index is 546. The van der Waals surface area contributed by atoms with Crippen LogP contribution in [-0.4, -0.2) is 53.0 Å². The maximum atomic E-state index is 12.8. The number of aromatic nitrogens is 1. The van der Waals surface area contributed by atoms with Gasteiger partial charge >= 0.3 is 6.03 Å². The number of hydrogen-bond acceptors (Lipinski definition) is 3. The Kier molecular flexibility index (Phi) is 4.69. The first-order valence-electron chi connectivity index (χ1n) is 9.51. The normalized spacial score (nSPS) is 24.1. The summed E-state index contributed by atoms with van der Waals surface area (Å²) in [6.07, 6.45) is 9.44. The molecule has 0 radical (unpaired) electrons. The van der Waals surface area contributed by atoms with Crippen LogP contribution in [0.1, 0.15) is 50.3 Å². The molecule has 1 N–H and O–H groups in total. The van der Waals surface area contributed by atoms with Gasteiger partial charge in [-0.05, 0) is 43.7 Å². The monoisotopic (exact) mass is 328 g/mol. The van der Waals surface area contributed by atoms with Crippen molar-refractivity contribution in [3.8, 4) is 0 Å². The van der Waals surface area contributed by atoms with E-state index >= 15 is 0 Å². The van der Waals surface area contributed by atoms with Crippen molar-refractivity contribution < 1.29 is 4.79 Å². The predicted octanol–water partition coefficient (Wildman–Crippen LogP) is 2.80. The zero-order chi connectivity index (χ0) is 16.4. The average Bonchev–Trinajstić information content (AvgIpc) is 3.35. The highest BCUT2D eigenvalue weighted by Gasteiger charge is 2.34. The number of urea groups is 1. The fourth-order valence-corrected chi connectivity index (χ4v) is 4.24. The molecule has 3 fully saturated rings. The molecule has 2 aliphatic carbocycles. The molecule has 1 atom stereocenters. The maximum Gasteiger partial charge on any atom is 0.318 e. The quantitative estimate of drug-likeness (QED) is 0.924. The predicted molar refractivity (Wildman–Crippen MR) is 93.6 cm³/mol. The van der Waals surface area contributed by atoms with E-state index in [9.17, 15) is 4.79 Å². The van der Waals surface area contributed by atoms with Crippen LogP contribution in [0, 0.1) is 5.92 Å². The third kappa shape index (κ3) is 3.56. The van der Waals surface area contributed by atoms with Crippen LogP contribution in [0.15, 0.2) is 24.4 Å². The Morgan fingerprint density at radius 1 is 1.08 bits per heavy atom.